The normalized spacial score (nSPS) is 25.5. The molecular weight excluding hydrogens is 420 g/mol. The number of benzene rings is 2. The largest absolute Gasteiger partial charge is 0.497 e. The molecule has 5 atom stereocenters. The maximum Gasteiger partial charge on any atom is 0.229 e. The first kappa shape index (κ1) is 23.8. The molecule has 1 saturated heterocycles. The zero-order chi connectivity index (χ0) is 23.3. The van der Waals surface area contributed by atoms with Gasteiger partial charge in [-0.25, -0.2) is 0 Å². The Kier molecular flexibility index (Phi) is 7.94. The molecule has 1 heterocycles. The van der Waals surface area contributed by atoms with Crippen LogP contribution in [0.1, 0.15) is 11.1 Å². The fourth-order valence-electron chi connectivity index (χ4n) is 3.33. The van der Waals surface area contributed by atoms with E-state index in [2.05, 4.69) is 0 Å². The third-order valence-electron chi connectivity index (χ3n) is 5.14. The summed E-state index contributed by atoms with van der Waals surface area (Å²) >= 11 is 0. The van der Waals surface area contributed by atoms with E-state index in [1.807, 2.05) is 30.3 Å². The number of methoxy groups -OCH3 is 3. The monoisotopic (exact) mass is 448 g/mol. The van der Waals surface area contributed by atoms with Crippen molar-refractivity contribution in [2.45, 2.75) is 30.7 Å². The van der Waals surface area contributed by atoms with Gasteiger partial charge in [0.15, 0.2) is 11.5 Å². The van der Waals surface area contributed by atoms with Gasteiger partial charge in [-0.1, -0.05) is 24.3 Å². The second-order valence-corrected chi connectivity index (χ2v) is 7.17. The van der Waals surface area contributed by atoms with Crippen LogP contribution in [0.2, 0.25) is 0 Å². The average Bonchev–Trinajstić information content (AvgIpc) is 2.83. The van der Waals surface area contributed by atoms with Gasteiger partial charge in [0.25, 0.3) is 0 Å². The van der Waals surface area contributed by atoms with E-state index in [9.17, 15) is 20.4 Å². The van der Waals surface area contributed by atoms with E-state index in [-0.39, 0.29) is 5.75 Å². The summed E-state index contributed by atoms with van der Waals surface area (Å²) in [5, 5.41) is 39.9. The molecule has 0 saturated carbocycles. The van der Waals surface area contributed by atoms with Crippen molar-refractivity contribution in [3.8, 4) is 23.0 Å². The van der Waals surface area contributed by atoms with Gasteiger partial charge in [-0.2, -0.15) is 0 Å². The predicted molar refractivity (Wildman–Crippen MR) is 116 cm³/mol. The van der Waals surface area contributed by atoms with Crippen LogP contribution in [-0.4, -0.2) is 79.1 Å². The van der Waals surface area contributed by atoms with E-state index in [4.69, 9.17) is 23.7 Å². The van der Waals surface area contributed by atoms with Crippen LogP contribution >= 0.6 is 0 Å². The second kappa shape index (κ2) is 10.7. The van der Waals surface area contributed by atoms with E-state index < -0.39 is 37.3 Å². The molecule has 2 aromatic carbocycles. The highest BCUT2D eigenvalue weighted by molar-refractivity contribution is 5.75. The average molecular weight is 448 g/mol. The van der Waals surface area contributed by atoms with Crippen molar-refractivity contribution in [2.24, 2.45) is 0 Å². The van der Waals surface area contributed by atoms with E-state index in [0.29, 0.717) is 22.8 Å². The summed E-state index contributed by atoms with van der Waals surface area (Å²) in [6, 6.07) is 10.7. The van der Waals surface area contributed by atoms with Crippen molar-refractivity contribution in [1.29, 1.82) is 0 Å². The molecule has 1 fully saturated rings. The van der Waals surface area contributed by atoms with E-state index >= 15 is 0 Å². The lowest BCUT2D eigenvalue weighted by atomic mass is 9.99. The number of ether oxygens (including phenoxy) is 5. The highest BCUT2D eigenvalue weighted by Gasteiger charge is 2.45. The number of rotatable bonds is 8. The molecule has 0 unspecified atom stereocenters. The van der Waals surface area contributed by atoms with Gasteiger partial charge in [0.1, 0.15) is 35.9 Å². The number of hydrogen-bond donors (Lipinski definition) is 4. The molecule has 1 aliphatic rings. The smallest absolute Gasteiger partial charge is 0.229 e. The van der Waals surface area contributed by atoms with Gasteiger partial charge in [0.2, 0.25) is 6.29 Å². The van der Waals surface area contributed by atoms with Crippen molar-refractivity contribution in [2.75, 3.05) is 27.9 Å². The summed E-state index contributed by atoms with van der Waals surface area (Å²) in [7, 11) is 4.55. The molecule has 0 bridgehead atoms. The zero-order valence-corrected chi connectivity index (χ0v) is 18.0. The molecule has 4 N–H and O–H groups in total. The van der Waals surface area contributed by atoms with E-state index in [1.165, 1.54) is 14.2 Å². The zero-order valence-electron chi connectivity index (χ0n) is 18.0. The lowest BCUT2D eigenvalue weighted by Gasteiger charge is -2.39. The standard InChI is InChI=1S/C23H28O9/c1-28-15-6-4-5-13(9-15)7-8-14-10-16(29-2)11-17(30-3)22(14)32-23-21(27)20(26)19(25)18(12-24)31-23/h4-11,18-21,23-27H,12H2,1-3H3/b8-7+/t18-,19-,20+,21-,23+/m1/s1. The number of aliphatic hydroxyl groups excluding tert-OH is 4. The molecule has 9 heteroatoms. The lowest BCUT2D eigenvalue weighted by Crippen LogP contribution is -2.60. The van der Waals surface area contributed by atoms with Gasteiger partial charge in [-0.3, -0.25) is 0 Å². The van der Waals surface area contributed by atoms with Crippen LogP contribution in [0.25, 0.3) is 12.2 Å². The van der Waals surface area contributed by atoms with Crippen molar-refractivity contribution in [1.82, 2.24) is 0 Å². The topological polar surface area (TPSA) is 127 Å². The highest BCUT2D eigenvalue weighted by atomic mass is 16.7. The minimum atomic E-state index is -1.56. The van der Waals surface area contributed by atoms with Crippen molar-refractivity contribution in [3.05, 3.63) is 47.5 Å². The Morgan fingerprint density at radius 3 is 2.28 bits per heavy atom. The first-order chi connectivity index (χ1) is 15.4. The van der Waals surface area contributed by atoms with E-state index in [0.717, 1.165) is 5.56 Å². The maximum absolute atomic E-state index is 10.4. The van der Waals surface area contributed by atoms with Gasteiger partial charge in [-0.05, 0) is 23.8 Å². The molecule has 0 spiro atoms. The minimum Gasteiger partial charge on any atom is -0.497 e. The number of aliphatic hydroxyl groups is 4. The fraction of sp³-hybridized carbons (Fsp3) is 0.391. The quantitative estimate of drug-likeness (QED) is 0.439. The molecule has 0 aromatic heterocycles. The fourth-order valence-corrected chi connectivity index (χ4v) is 3.33. The summed E-state index contributed by atoms with van der Waals surface area (Å²) in [5.41, 5.74) is 1.41. The van der Waals surface area contributed by atoms with Gasteiger partial charge in [0.05, 0.1) is 27.9 Å². The molecule has 0 aliphatic carbocycles. The van der Waals surface area contributed by atoms with Crippen molar-refractivity contribution < 1.29 is 44.1 Å². The van der Waals surface area contributed by atoms with Crippen LogP contribution in [0.15, 0.2) is 36.4 Å². The SMILES string of the molecule is COc1cccc(/C=C/c2cc(OC)cc(OC)c2O[C@@H]2O[C@H](CO)[C@@H](O)[C@H](O)[C@H]2O)c1. The third kappa shape index (κ3) is 5.14. The Hall–Kier alpha value is -2.82. The molecule has 9 nitrogen and oxygen atoms in total. The van der Waals surface area contributed by atoms with Crippen molar-refractivity contribution >= 4 is 12.2 Å². The number of hydrogen-bond acceptors (Lipinski definition) is 9. The molecule has 2 aromatic rings. The first-order valence-electron chi connectivity index (χ1n) is 9.97. The Bertz CT molecular complexity index is 928. The van der Waals surface area contributed by atoms with Crippen LogP contribution in [0.4, 0.5) is 0 Å². The van der Waals surface area contributed by atoms with Gasteiger partial charge < -0.3 is 44.1 Å². The van der Waals surface area contributed by atoms with Crippen molar-refractivity contribution in [3.63, 3.8) is 0 Å². The maximum atomic E-state index is 10.4. The van der Waals surface area contributed by atoms with E-state index in [1.54, 1.807) is 25.3 Å². The Morgan fingerprint density at radius 1 is 0.875 bits per heavy atom. The second-order valence-electron chi connectivity index (χ2n) is 7.17. The van der Waals surface area contributed by atoms with Crippen LogP contribution in [-0.2, 0) is 4.74 Å². The summed E-state index contributed by atoms with van der Waals surface area (Å²) in [5.74, 6) is 1.73. The Morgan fingerprint density at radius 2 is 1.62 bits per heavy atom. The molecule has 32 heavy (non-hydrogen) atoms. The molecule has 0 amide bonds. The van der Waals surface area contributed by atoms with Crippen LogP contribution in [0.5, 0.6) is 23.0 Å². The predicted octanol–water partition coefficient (Wildman–Crippen LogP) is 1.06. The summed E-state index contributed by atoms with van der Waals surface area (Å²) in [6.45, 7) is -0.562. The molecule has 3 rings (SSSR count). The molecule has 0 radical (unpaired) electrons. The Balaban J connectivity index is 1.97. The van der Waals surface area contributed by atoms with Crippen LogP contribution < -0.4 is 18.9 Å². The van der Waals surface area contributed by atoms with Gasteiger partial charge in [0, 0.05) is 11.6 Å². The summed E-state index contributed by atoms with van der Waals surface area (Å²) in [6.07, 6.45) is -3.48. The lowest BCUT2D eigenvalue weighted by molar-refractivity contribution is -0.277. The summed E-state index contributed by atoms with van der Waals surface area (Å²) in [4.78, 5) is 0. The summed E-state index contributed by atoms with van der Waals surface area (Å²) < 4.78 is 27.4. The van der Waals surface area contributed by atoms with Gasteiger partial charge >= 0.3 is 0 Å². The van der Waals surface area contributed by atoms with Crippen LogP contribution in [0.3, 0.4) is 0 Å². The Labute approximate surface area is 186 Å². The minimum absolute atomic E-state index is 0.219. The highest BCUT2D eigenvalue weighted by Crippen LogP contribution is 2.39. The molecule has 174 valence electrons. The first-order valence-corrected chi connectivity index (χ1v) is 9.97. The molecule has 1 aliphatic heterocycles. The van der Waals surface area contributed by atoms with Crippen LogP contribution in [0, 0.1) is 0 Å². The molecular formula is C23H28O9. The third-order valence-corrected chi connectivity index (χ3v) is 5.14. The van der Waals surface area contributed by atoms with Gasteiger partial charge in [-0.15, -0.1) is 0 Å².